The van der Waals surface area contributed by atoms with E-state index in [1.807, 2.05) is 0 Å². The monoisotopic (exact) mass is 228 g/mol. The number of ether oxygens (including phenoxy) is 1. The molecule has 2 atom stereocenters. The summed E-state index contributed by atoms with van der Waals surface area (Å²) in [4.78, 5) is 0. The Labute approximate surface area is 100 Å². The maximum Gasteiger partial charge on any atom is 0.0833 e. The Balaban J connectivity index is 1.94. The van der Waals surface area contributed by atoms with E-state index in [0.29, 0.717) is 0 Å². The lowest BCUT2D eigenvalue weighted by Gasteiger charge is -2.27. The summed E-state index contributed by atoms with van der Waals surface area (Å²) in [5.74, 6) is 0. The summed E-state index contributed by atoms with van der Waals surface area (Å²) in [5, 5.41) is 9.95. The van der Waals surface area contributed by atoms with Crippen LogP contribution in [0.2, 0.25) is 0 Å². The third-order valence-electron chi connectivity index (χ3n) is 3.50. The SMILES string of the molecule is CCCCCCCCC(O)C1CCCCO1. The van der Waals surface area contributed by atoms with E-state index in [-0.39, 0.29) is 12.2 Å². The number of hydrogen-bond acceptors (Lipinski definition) is 2. The standard InChI is InChI=1S/C14H28O2/c1-2-3-4-5-6-7-10-13(15)14-11-8-9-12-16-14/h13-15H,2-12H2,1H3. The maximum absolute atomic E-state index is 9.95. The first kappa shape index (κ1) is 14.0. The summed E-state index contributed by atoms with van der Waals surface area (Å²) in [7, 11) is 0. The lowest BCUT2D eigenvalue weighted by atomic mass is 9.99. The van der Waals surface area contributed by atoms with Crippen molar-refractivity contribution in [2.24, 2.45) is 0 Å². The average Bonchev–Trinajstić information content (AvgIpc) is 2.34. The minimum absolute atomic E-state index is 0.129. The van der Waals surface area contributed by atoms with Gasteiger partial charge >= 0.3 is 0 Å². The molecule has 1 aliphatic heterocycles. The van der Waals surface area contributed by atoms with Gasteiger partial charge in [0.15, 0.2) is 0 Å². The van der Waals surface area contributed by atoms with Crippen molar-refractivity contribution in [2.45, 2.75) is 83.3 Å². The number of rotatable bonds is 8. The van der Waals surface area contributed by atoms with Gasteiger partial charge in [-0.05, 0) is 25.7 Å². The van der Waals surface area contributed by atoms with Crippen LogP contribution in [0.4, 0.5) is 0 Å². The van der Waals surface area contributed by atoms with Crippen molar-refractivity contribution in [1.29, 1.82) is 0 Å². The summed E-state index contributed by atoms with van der Waals surface area (Å²) >= 11 is 0. The molecule has 1 saturated heterocycles. The second kappa shape index (κ2) is 9.00. The summed E-state index contributed by atoms with van der Waals surface area (Å²) in [6.45, 7) is 3.09. The molecule has 2 heteroatoms. The Morgan fingerprint density at radius 3 is 2.56 bits per heavy atom. The number of aliphatic hydroxyl groups is 1. The Bertz CT molecular complexity index is 153. The van der Waals surface area contributed by atoms with Crippen LogP contribution in [0.15, 0.2) is 0 Å². The molecule has 0 aromatic rings. The lowest BCUT2D eigenvalue weighted by Crippen LogP contribution is -2.32. The highest BCUT2D eigenvalue weighted by Gasteiger charge is 2.21. The molecule has 96 valence electrons. The van der Waals surface area contributed by atoms with Crippen LogP contribution >= 0.6 is 0 Å². The third-order valence-corrected chi connectivity index (χ3v) is 3.50. The Morgan fingerprint density at radius 2 is 1.88 bits per heavy atom. The molecule has 0 amide bonds. The molecule has 0 bridgehead atoms. The van der Waals surface area contributed by atoms with E-state index in [1.54, 1.807) is 0 Å². The van der Waals surface area contributed by atoms with Crippen molar-refractivity contribution in [3.8, 4) is 0 Å². The molecule has 1 rings (SSSR count). The smallest absolute Gasteiger partial charge is 0.0833 e. The normalized spacial score (nSPS) is 23.2. The molecular weight excluding hydrogens is 200 g/mol. The molecule has 0 radical (unpaired) electrons. The minimum Gasteiger partial charge on any atom is -0.390 e. The van der Waals surface area contributed by atoms with Crippen molar-refractivity contribution in [2.75, 3.05) is 6.61 Å². The fourth-order valence-electron chi connectivity index (χ4n) is 2.39. The average molecular weight is 228 g/mol. The molecule has 0 spiro atoms. The molecule has 1 fully saturated rings. The topological polar surface area (TPSA) is 29.5 Å². The highest BCUT2D eigenvalue weighted by atomic mass is 16.5. The number of hydrogen-bond donors (Lipinski definition) is 1. The molecule has 0 saturated carbocycles. The van der Waals surface area contributed by atoms with Gasteiger partial charge in [-0.2, -0.15) is 0 Å². The number of aliphatic hydroxyl groups excluding tert-OH is 1. The second-order valence-corrected chi connectivity index (χ2v) is 5.03. The summed E-state index contributed by atoms with van der Waals surface area (Å²) in [5.41, 5.74) is 0. The van der Waals surface area contributed by atoms with E-state index < -0.39 is 0 Å². The van der Waals surface area contributed by atoms with Crippen LogP contribution in [0.3, 0.4) is 0 Å². The highest BCUT2D eigenvalue weighted by molar-refractivity contribution is 4.72. The zero-order valence-corrected chi connectivity index (χ0v) is 10.8. The fourth-order valence-corrected chi connectivity index (χ4v) is 2.39. The molecule has 2 unspecified atom stereocenters. The van der Waals surface area contributed by atoms with Crippen LogP contribution in [-0.2, 0) is 4.74 Å². The zero-order valence-electron chi connectivity index (χ0n) is 10.8. The summed E-state index contributed by atoms with van der Waals surface area (Å²) in [6.07, 6.45) is 12.0. The van der Waals surface area contributed by atoms with Crippen LogP contribution in [0.25, 0.3) is 0 Å². The van der Waals surface area contributed by atoms with Crippen molar-refractivity contribution >= 4 is 0 Å². The first-order valence-electron chi connectivity index (χ1n) is 7.14. The van der Waals surface area contributed by atoms with Crippen LogP contribution in [0.5, 0.6) is 0 Å². The van der Waals surface area contributed by atoms with Gasteiger partial charge in [-0.25, -0.2) is 0 Å². The first-order chi connectivity index (χ1) is 7.84. The molecular formula is C14H28O2. The van der Waals surface area contributed by atoms with E-state index in [9.17, 15) is 5.11 Å². The van der Waals surface area contributed by atoms with Gasteiger partial charge in [-0.3, -0.25) is 0 Å². The Kier molecular flexibility index (Phi) is 7.87. The fraction of sp³-hybridized carbons (Fsp3) is 1.00. The van der Waals surface area contributed by atoms with Crippen molar-refractivity contribution < 1.29 is 9.84 Å². The predicted molar refractivity (Wildman–Crippen MR) is 67.6 cm³/mol. The highest BCUT2D eigenvalue weighted by Crippen LogP contribution is 2.19. The summed E-state index contributed by atoms with van der Waals surface area (Å²) < 4.78 is 5.59. The Hall–Kier alpha value is -0.0800. The van der Waals surface area contributed by atoms with E-state index in [2.05, 4.69) is 6.92 Å². The van der Waals surface area contributed by atoms with Gasteiger partial charge in [0.1, 0.15) is 0 Å². The van der Waals surface area contributed by atoms with Gasteiger partial charge in [0.25, 0.3) is 0 Å². The van der Waals surface area contributed by atoms with Crippen LogP contribution in [0.1, 0.15) is 71.1 Å². The van der Waals surface area contributed by atoms with Crippen LogP contribution in [0, 0.1) is 0 Å². The molecule has 1 N–H and O–H groups in total. The van der Waals surface area contributed by atoms with Gasteiger partial charge in [0.05, 0.1) is 12.2 Å². The number of unbranched alkanes of at least 4 members (excludes halogenated alkanes) is 5. The molecule has 16 heavy (non-hydrogen) atoms. The van der Waals surface area contributed by atoms with Gasteiger partial charge in [0.2, 0.25) is 0 Å². The quantitative estimate of drug-likeness (QED) is 0.642. The largest absolute Gasteiger partial charge is 0.390 e. The predicted octanol–water partition coefficient (Wildman–Crippen LogP) is 3.67. The van der Waals surface area contributed by atoms with E-state index in [1.165, 1.54) is 44.9 Å². The van der Waals surface area contributed by atoms with Crippen molar-refractivity contribution in [3.63, 3.8) is 0 Å². The Morgan fingerprint density at radius 1 is 1.12 bits per heavy atom. The zero-order chi connectivity index (χ0) is 11.6. The van der Waals surface area contributed by atoms with E-state index in [0.717, 1.165) is 25.9 Å². The van der Waals surface area contributed by atoms with Gasteiger partial charge in [-0.1, -0.05) is 45.4 Å². The second-order valence-electron chi connectivity index (χ2n) is 5.03. The van der Waals surface area contributed by atoms with Gasteiger partial charge in [-0.15, -0.1) is 0 Å². The van der Waals surface area contributed by atoms with Crippen molar-refractivity contribution in [1.82, 2.24) is 0 Å². The summed E-state index contributed by atoms with van der Waals surface area (Å²) in [6, 6.07) is 0. The van der Waals surface area contributed by atoms with Crippen LogP contribution in [-0.4, -0.2) is 23.9 Å². The van der Waals surface area contributed by atoms with Gasteiger partial charge in [0, 0.05) is 6.61 Å². The van der Waals surface area contributed by atoms with E-state index in [4.69, 9.17) is 4.74 Å². The lowest BCUT2D eigenvalue weighted by molar-refractivity contribution is -0.0648. The van der Waals surface area contributed by atoms with E-state index >= 15 is 0 Å². The minimum atomic E-state index is -0.216. The molecule has 0 aromatic carbocycles. The molecule has 2 nitrogen and oxygen atoms in total. The molecule has 0 aromatic heterocycles. The molecule has 1 heterocycles. The van der Waals surface area contributed by atoms with Crippen LogP contribution < -0.4 is 0 Å². The maximum atomic E-state index is 9.95. The first-order valence-corrected chi connectivity index (χ1v) is 7.14. The molecule has 1 aliphatic rings. The van der Waals surface area contributed by atoms with Crippen molar-refractivity contribution in [3.05, 3.63) is 0 Å². The van der Waals surface area contributed by atoms with Gasteiger partial charge < -0.3 is 9.84 Å². The molecule has 0 aliphatic carbocycles. The third kappa shape index (κ3) is 5.86.